The summed E-state index contributed by atoms with van der Waals surface area (Å²) in [5.74, 6) is -0.228. The summed E-state index contributed by atoms with van der Waals surface area (Å²) in [4.78, 5) is 28.7. The molecule has 0 aliphatic carbocycles. The third kappa shape index (κ3) is 3.52. The Morgan fingerprint density at radius 2 is 1.81 bits per heavy atom. The Bertz CT molecular complexity index is 1160. The summed E-state index contributed by atoms with van der Waals surface area (Å²) in [5, 5.41) is 8.23. The van der Waals surface area contributed by atoms with Gasteiger partial charge in [0.1, 0.15) is 0 Å². The Morgan fingerprint density at radius 3 is 2.67 bits per heavy atom. The van der Waals surface area contributed by atoms with E-state index in [1.54, 1.807) is 6.92 Å². The summed E-state index contributed by atoms with van der Waals surface area (Å²) in [6.45, 7) is 1.80. The van der Waals surface area contributed by atoms with Gasteiger partial charge in [-0.1, -0.05) is 54.7 Å². The van der Waals surface area contributed by atoms with Crippen LogP contribution in [0.4, 0.5) is 10.8 Å². The maximum absolute atomic E-state index is 12.8. The van der Waals surface area contributed by atoms with Crippen molar-refractivity contribution in [3.05, 3.63) is 66.2 Å². The summed E-state index contributed by atoms with van der Waals surface area (Å²) in [6.07, 6.45) is 0.405. The summed E-state index contributed by atoms with van der Waals surface area (Å²) in [5.41, 5.74) is 2.11. The molecule has 0 unspecified atom stereocenters. The van der Waals surface area contributed by atoms with Crippen molar-refractivity contribution in [2.24, 2.45) is 0 Å². The molecule has 2 N–H and O–H groups in total. The molecule has 27 heavy (non-hydrogen) atoms. The van der Waals surface area contributed by atoms with Crippen molar-refractivity contribution < 1.29 is 9.59 Å². The first kappa shape index (κ1) is 17.2. The van der Waals surface area contributed by atoms with Crippen LogP contribution in [0.5, 0.6) is 0 Å². The molecular formula is C21H17N3O2S. The lowest BCUT2D eigenvalue weighted by atomic mass is 10.0. The number of carbonyl (C=O) groups is 2. The van der Waals surface area contributed by atoms with E-state index in [1.165, 1.54) is 11.3 Å². The maximum atomic E-state index is 12.8. The standard InChI is InChI=1S/C21H17N3O2S/c1-2-19(25)24-21-23-17-11-10-14(12-18(17)27-21)22-20(26)16-9-5-7-13-6-3-4-8-15(13)16/h3-12H,2H2,1H3,(H,22,26)(H,23,24,25). The van der Waals surface area contributed by atoms with E-state index in [2.05, 4.69) is 15.6 Å². The summed E-state index contributed by atoms with van der Waals surface area (Å²) >= 11 is 1.39. The fourth-order valence-electron chi connectivity index (χ4n) is 2.89. The number of hydrogen-bond acceptors (Lipinski definition) is 4. The third-order valence-electron chi connectivity index (χ3n) is 4.25. The van der Waals surface area contributed by atoms with Crippen LogP contribution < -0.4 is 10.6 Å². The summed E-state index contributed by atoms with van der Waals surface area (Å²) < 4.78 is 0.900. The minimum atomic E-state index is -0.157. The van der Waals surface area contributed by atoms with Crippen molar-refractivity contribution >= 4 is 55.0 Å². The second-order valence-electron chi connectivity index (χ2n) is 6.08. The quantitative estimate of drug-likeness (QED) is 0.524. The van der Waals surface area contributed by atoms with Crippen LogP contribution in [0.1, 0.15) is 23.7 Å². The maximum Gasteiger partial charge on any atom is 0.256 e. The number of aromatic nitrogens is 1. The van der Waals surface area contributed by atoms with Gasteiger partial charge >= 0.3 is 0 Å². The first-order valence-electron chi connectivity index (χ1n) is 8.63. The fourth-order valence-corrected chi connectivity index (χ4v) is 3.81. The predicted octanol–water partition coefficient (Wildman–Crippen LogP) is 5.05. The molecule has 0 spiro atoms. The molecule has 0 saturated carbocycles. The van der Waals surface area contributed by atoms with E-state index in [0.717, 1.165) is 21.0 Å². The molecule has 0 bridgehead atoms. The third-order valence-corrected chi connectivity index (χ3v) is 5.18. The monoisotopic (exact) mass is 375 g/mol. The molecule has 4 aromatic rings. The van der Waals surface area contributed by atoms with E-state index in [9.17, 15) is 9.59 Å². The Hall–Kier alpha value is -3.25. The number of nitrogens with zero attached hydrogens (tertiary/aromatic N) is 1. The van der Waals surface area contributed by atoms with Crippen LogP contribution >= 0.6 is 11.3 Å². The second kappa shape index (κ2) is 7.17. The van der Waals surface area contributed by atoms with Crippen molar-refractivity contribution in [1.82, 2.24) is 4.98 Å². The average molecular weight is 375 g/mol. The van der Waals surface area contributed by atoms with Crippen molar-refractivity contribution in [3.8, 4) is 0 Å². The van der Waals surface area contributed by atoms with E-state index < -0.39 is 0 Å². The lowest BCUT2D eigenvalue weighted by Crippen LogP contribution is -2.12. The molecule has 0 aliphatic heterocycles. The number of nitrogens with one attached hydrogen (secondary N) is 2. The van der Waals surface area contributed by atoms with Gasteiger partial charge in [0.05, 0.1) is 10.2 Å². The molecule has 3 aromatic carbocycles. The number of fused-ring (bicyclic) bond motifs is 2. The van der Waals surface area contributed by atoms with Crippen molar-refractivity contribution in [2.45, 2.75) is 13.3 Å². The Kier molecular flexibility index (Phi) is 4.56. The highest BCUT2D eigenvalue weighted by molar-refractivity contribution is 7.22. The predicted molar refractivity (Wildman–Crippen MR) is 110 cm³/mol. The van der Waals surface area contributed by atoms with E-state index in [1.807, 2.05) is 60.7 Å². The molecule has 4 rings (SSSR count). The van der Waals surface area contributed by atoms with E-state index in [0.29, 0.717) is 22.8 Å². The Morgan fingerprint density at radius 1 is 1.00 bits per heavy atom. The van der Waals surface area contributed by atoms with Gasteiger partial charge in [-0.2, -0.15) is 0 Å². The van der Waals surface area contributed by atoms with E-state index in [-0.39, 0.29) is 11.8 Å². The van der Waals surface area contributed by atoms with E-state index >= 15 is 0 Å². The Labute approximate surface area is 160 Å². The Balaban J connectivity index is 1.60. The lowest BCUT2D eigenvalue weighted by molar-refractivity contribution is -0.115. The molecule has 0 aliphatic rings. The number of amides is 2. The SMILES string of the molecule is CCC(=O)Nc1nc2ccc(NC(=O)c3cccc4ccccc34)cc2s1. The van der Waals surface area contributed by atoms with E-state index in [4.69, 9.17) is 0 Å². The van der Waals surface area contributed by atoms with Gasteiger partial charge in [-0.15, -0.1) is 0 Å². The first-order valence-corrected chi connectivity index (χ1v) is 9.45. The molecule has 5 nitrogen and oxygen atoms in total. The van der Waals surface area contributed by atoms with Gasteiger partial charge in [-0.05, 0) is 35.0 Å². The molecule has 0 saturated heterocycles. The molecule has 134 valence electrons. The van der Waals surface area contributed by atoms with Crippen LogP contribution in [0.25, 0.3) is 21.0 Å². The molecule has 0 radical (unpaired) electrons. The molecule has 1 heterocycles. The minimum absolute atomic E-state index is 0.0708. The minimum Gasteiger partial charge on any atom is -0.322 e. The number of benzene rings is 3. The zero-order valence-corrected chi connectivity index (χ0v) is 15.5. The number of thiazole rings is 1. The molecule has 1 aromatic heterocycles. The van der Waals surface area contributed by atoms with Gasteiger partial charge in [0, 0.05) is 17.7 Å². The number of hydrogen-bond donors (Lipinski definition) is 2. The molecule has 2 amide bonds. The largest absolute Gasteiger partial charge is 0.322 e. The number of carbonyl (C=O) groups excluding carboxylic acids is 2. The highest BCUT2D eigenvalue weighted by Gasteiger charge is 2.12. The lowest BCUT2D eigenvalue weighted by Gasteiger charge is -2.08. The summed E-state index contributed by atoms with van der Waals surface area (Å²) in [6, 6.07) is 19.0. The van der Waals surface area contributed by atoms with Crippen molar-refractivity contribution in [2.75, 3.05) is 10.6 Å². The normalized spacial score (nSPS) is 10.9. The van der Waals surface area contributed by atoms with Crippen LogP contribution in [-0.4, -0.2) is 16.8 Å². The highest BCUT2D eigenvalue weighted by Crippen LogP contribution is 2.29. The van der Waals surface area contributed by atoms with Crippen LogP contribution in [0.3, 0.4) is 0 Å². The fraction of sp³-hybridized carbons (Fsp3) is 0.0952. The first-order chi connectivity index (χ1) is 13.1. The smallest absolute Gasteiger partial charge is 0.256 e. The molecule has 6 heteroatoms. The van der Waals surface area contributed by atoms with Crippen molar-refractivity contribution in [1.29, 1.82) is 0 Å². The van der Waals surface area contributed by atoms with Crippen molar-refractivity contribution in [3.63, 3.8) is 0 Å². The van der Waals surface area contributed by atoms with Gasteiger partial charge in [-0.3, -0.25) is 9.59 Å². The molecule has 0 fully saturated rings. The van der Waals surface area contributed by atoms with Crippen LogP contribution in [0, 0.1) is 0 Å². The number of rotatable bonds is 4. The highest BCUT2D eigenvalue weighted by atomic mass is 32.1. The zero-order chi connectivity index (χ0) is 18.8. The van der Waals surface area contributed by atoms with Gasteiger partial charge < -0.3 is 10.6 Å². The van der Waals surface area contributed by atoms with Crippen LogP contribution in [0.2, 0.25) is 0 Å². The van der Waals surface area contributed by atoms with Gasteiger partial charge in [0.25, 0.3) is 5.91 Å². The van der Waals surface area contributed by atoms with Gasteiger partial charge in [0.2, 0.25) is 5.91 Å². The average Bonchev–Trinajstić information content (AvgIpc) is 3.08. The van der Waals surface area contributed by atoms with Gasteiger partial charge in [0.15, 0.2) is 5.13 Å². The molecule has 0 atom stereocenters. The number of anilines is 2. The van der Waals surface area contributed by atoms with Gasteiger partial charge in [-0.25, -0.2) is 4.98 Å². The van der Waals surface area contributed by atoms with Crippen LogP contribution in [-0.2, 0) is 4.79 Å². The molecular weight excluding hydrogens is 358 g/mol. The second-order valence-corrected chi connectivity index (χ2v) is 7.11. The van der Waals surface area contributed by atoms with Crippen LogP contribution in [0.15, 0.2) is 60.7 Å². The summed E-state index contributed by atoms with van der Waals surface area (Å²) in [7, 11) is 0. The zero-order valence-electron chi connectivity index (χ0n) is 14.7. The topological polar surface area (TPSA) is 71.1 Å².